The molecule has 10 heteroatoms. The largest absolute Gasteiger partial charge is 0.416 e. The van der Waals surface area contributed by atoms with Crippen molar-refractivity contribution in [3.63, 3.8) is 0 Å². The molecule has 0 saturated heterocycles. The summed E-state index contributed by atoms with van der Waals surface area (Å²) in [6.45, 7) is 0.952. The summed E-state index contributed by atoms with van der Waals surface area (Å²) < 4.78 is 75.1. The Kier molecular flexibility index (Phi) is 5.62. The molecule has 2 rings (SSSR count). The highest BCUT2D eigenvalue weighted by molar-refractivity contribution is 7.91. The van der Waals surface area contributed by atoms with Crippen molar-refractivity contribution in [3.05, 3.63) is 59.9 Å². The standard InChI is InChI=1S/C17H15F4NO4S/c1-16(24,10-27(25,26)14-8-4-12(18)5-9-14)15(23)22-13-6-2-11(3-7-13)17(19,20)21/h2-9,24H,10H2,1H3,(H,22,23). The maximum Gasteiger partial charge on any atom is 0.416 e. The third kappa shape index (κ3) is 5.27. The van der Waals surface area contributed by atoms with Crippen molar-refractivity contribution in [3.8, 4) is 0 Å². The average molecular weight is 405 g/mol. The summed E-state index contributed by atoms with van der Waals surface area (Å²) in [7, 11) is -4.12. The van der Waals surface area contributed by atoms with E-state index < -0.39 is 44.7 Å². The fourth-order valence-electron chi connectivity index (χ4n) is 2.17. The highest BCUT2D eigenvalue weighted by Gasteiger charge is 2.37. The van der Waals surface area contributed by atoms with E-state index in [4.69, 9.17) is 0 Å². The molecular weight excluding hydrogens is 390 g/mol. The molecule has 1 atom stereocenters. The molecule has 0 radical (unpaired) electrons. The number of amides is 1. The topological polar surface area (TPSA) is 83.5 Å². The van der Waals surface area contributed by atoms with E-state index in [0.29, 0.717) is 0 Å². The zero-order valence-electron chi connectivity index (χ0n) is 13.9. The van der Waals surface area contributed by atoms with Crippen LogP contribution in [0.3, 0.4) is 0 Å². The number of aliphatic hydroxyl groups is 1. The highest BCUT2D eigenvalue weighted by Crippen LogP contribution is 2.30. The van der Waals surface area contributed by atoms with Gasteiger partial charge in [-0.05, 0) is 55.5 Å². The van der Waals surface area contributed by atoms with E-state index in [2.05, 4.69) is 5.32 Å². The number of alkyl halides is 3. The van der Waals surface area contributed by atoms with Gasteiger partial charge in [0.15, 0.2) is 15.4 Å². The Balaban J connectivity index is 2.13. The molecule has 27 heavy (non-hydrogen) atoms. The molecule has 0 heterocycles. The minimum atomic E-state index is -4.54. The maximum atomic E-state index is 12.9. The first kappa shape index (κ1) is 20.8. The molecule has 0 saturated carbocycles. The summed E-state index contributed by atoms with van der Waals surface area (Å²) in [5.41, 5.74) is -3.35. The lowest BCUT2D eigenvalue weighted by Crippen LogP contribution is -2.45. The van der Waals surface area contributed by atoms with E-state index in [1.807, 2.05) is 0 Å². The summed E-state index contributed by atoms with van der Waals surface area (Å²) in [6, 6.07) is 7.26. The van der Waals surface area contributed by atoms with Crippen molar-refractivity contribution in [1.29, 1.82) is 0 Å². The second-order valence-corrected chi connectivity index (χ2v) is 8.01. The lowest BCUT2D eigenvalue weighted by molar-refractivity contribution is -0.137. The molecule has 1 unspecified atom stereocenters. The Hall–Kier alpha value is -2.46. The van der Waals surface area contributed by atoms with Crippen LogP contribution in [0.25, 0.3) is 0 Å². The van der Waals surface area contributed by atoms with Gasteiger partial charge in [-0.3, -0.25) is 4.79 Å². The molecule has 5 nitrogen and oxygen atoms in total. The quantitative estimate of drug-likeness (QED) is 0.592. The molecule has 1 amide bonds. The summed E-state index contributed by atoms with van der Waals surface area (Å²) in [5.74, 6) is -2.77. The van der Waals surface area contributed by atoms with Crippen LogP contribution in [0.2, 0.25) is 0 Å². The van der Waals surface area contributed by atoms with Crippen LogP contribution >= 0.6 is 0 Å². The molecule has 0 spiro atoms. The number of nitrogens with one attached hydrogen (secondary N) is 1. The van der Waals surface area contributed by atoms with Gasteiger partial charge in [0.25, 0.3) is 5.91 Å². The van der Waals surface area contributed by atoms with Crippen LogP contribution in [0.15, 0.2) is 53.4 Å². The SMILES string of the molecule is CC(O)(CS(=O)(=O)c1ccc(F)cc1)C(=O)Nc1ccc(C(F)(F)F)cc1. The van der Waals surface area contributed by atoms with Crippen LogP contribution in [0.4, 0.5) is 23.2 Å². The third-order valence-electron chi connectivity index (χ3n) is 3.60. The Morgan fingerprint density at radius 3 is 2.04 bits per heavy atom. The molecule has 2 N–H and O–H groups in total. The molecule has 0 aliphatic rings. The second-order valence-electron chi connectivity index (χ2n) is 6.02. The van der Waals surface area contributed by atoms with E-state index in [-0.39, 0.29) is 10.6 Å². The number of sulfone groups is 1. The van der Waals surface area contributed by atoms with Crippen molar-refractivity contribution in [1.82, 2.24) is 0 Å². The van der Waals surface area contributed by atoms with Gasteiger partial charge >= 0.3 is 6.18 Å². The van der Waals surface area contributed by atoms with Gasteiger partial charge in [0.1, 0.15) is 5.82 Å². The number of rotatable bonds is 5. The zero-order chi connectivity index (χ0) is 20.5. The van der Waals surface area contributed by atoms with Crippen LogP contribution in [0, 0.1) is 5.82 Å². The minimum Gasteiger partial charge on any atom is -0.379 e. The number of halogens is 4. The molecule has 2 aromatic carbocycles. The normalized spacial score (nSPS) is 14.4. The van der Waals surface area contributed by atoms with E-state index in [9.17, 15) is 35.9 Å². The van der Waals surface area contributed by atoms with Gasteiger partial charge in [-0.25, -0.2) is 12.8 Å². The van der Waals surface area contributed by atoms with E-state index in [0.717, 1.165) is 55.5 Å². The van der Waals surface area contributed by atoms with Crippen molar-refractivity contribution in [2.75, 3.05) is 11.1 Å². The van der Waals surface area contributed by atoms with Crippen LogP contribution in [-0.4, -0.2) is 30.8 Å². The number of anilines is 1. The van der Waals surface area contributed by atoms with Crippen LogP contribution < -0.4 is 5.32 Å². The molecule has 0 fully saturated rings. The van der Waals surface area contributed by atoms with Crippen molar-refractivity contribution >= 4 is 21.4 Å². The third-order valence-corrected chi connectivity index (χ3v) is 5.54. The molecule has 0 aliphatic heterocycles. The summed E-state index contributed by atoms with van der Waals surface area (Å²) in [6.07, 6.45) is -4.54. The predicted molar refractivity (Wildman–Crippen MR) is 89.2 cm³/mol. The highest BCUT2D eigenvalue weighted by atomic mass is 32.2. The first-order chi connectivity index (χ1) is 12.3. The number of carbonyl (C=O) groups is 1. The molecular formula is C17H15F4NO4S. The molecule has 2 aromatic rings. The van der Waals surface area contributed by atoms with Crippen LogP contribution in [0.5, 0.6) is 0 Å². The van der Waals surface area contributed by atoms with Gasteiger partial charge in [-0.15, -0.1) is 0 Å². The first-order valence-corrected chi connectivity index (χ1v) is 9.16. The lowest BCUT2D eigenvalue weighted by atomic mass is 10.1. The van der Waals surface area contributed by atoms with Gasteiger partial charge in [-0.2, -0.15) is 13.2 Å². The fourth-order valence-corrected chi connectivity index (χ4v) is 3.76. The number of carbonyl (C=O) groups excluding carboxylic acids is 1. The van der Waals surface area contributed by atoms with Gasteiger partial charge in [0.2, 0.25) is 0 Å². The number of hydrogen-bond donors (Lipinski definition) is 2. The first-order valence-electron chi connectivity index (χ1n) is 7.51. The Morgan fingerprint density at radius 2 is 1.56 bits per heavy atom. The smallest absolute Gasteiger partial charge is 0.379 e. The second kappa shape index (κ2) is 7.28. The zero-order valence-corrected chi connectivity index (χ0v) is 14.7. The monoisotopic (exact) mass is 405 g/mol. The minimum absolute atomic E-state index is 0.0487. The summed E-state index contributed by atoms with van der Waals surface area (Å²) >= 11 is 0. The predicted octanol–water partition coefficient (Wildman–Crippen LogP) is 3.01. The van der Waals surface area contributed by atoms with Gasteiger partial charge in [-0.1, -0.05) is 0 Å². The number of benzene rings is 2. The summed E-state index contributed by atoms with van der Waals surface area (Å²) in [4.78, 5) is 11.9. The average Bonchev–Trinajstić information content (AvgIpc) is 2.54. The molecule has 0 bridgehead atoms. The Bertz CT molecular complexity index is 921. The van der Waals surface area contributed by atoms with E-state index >= 15 is 0 Å². The van der Waals surface area contributed by atoms with Crippen molar-refractivity contribution in [2.45, 2.75) is 23.6 Å². The van der Waals surface area contributed by atoms with E-state index in [1.165, 1.54) is 0 Å². The van der Waals surface area contributed by atoms with Gasteiger partial charge in [0, 0.05) is 5.69 Å². The Morgan fingerprint density at radius 1 is 1.04 bits per heavy atom. The van der Waals surface area contributed by atoms with Crippen LogP contribution in [0.1, 0.15) is 12.5 Å². The van der Waals surface area contributed by atoms with Crippen LogP contribution in [-0.2, 0) is 20.8 Å². The van der Waals surface area contributed by atoms with E-state index in [1.54, 1.807) is 0 Å². The Labute approximate surface area is 152 Å². The molecule has 0 aromatic heterocycles. The van der Waals surface area contributed by atoms with Gasteiger partial charge < -0.3 is 10.4 Å². The molecule has 146 valence electrons. The molecule has 0 aliphatic carbocycles. The maximum absolute atomic E-state index is 12.9. The number of hydrogen-bond acceptors (Lipinski definition) is 4. The van der Waals surface area contributed by atoms with Crippen molar-refractivity contribution in [2.24, 2.45) is 0 Å². The fraction of sp³-hybridized carbons (Fsp3) is 0.235. The lowest BCUT2D eigenvalue weighted by Gasteiger charge is -2.22. The van der Waals surface area contributed by atoms with Gasteiger partial charge in [0.05, 0.1) is 16.2 Å². The van der Waals surface area contributed by atoms with Crippen molar-refractivity contribution < 1.29 is 35.9 Å². The summed E-state index contributed by atoms with van der Waals surface area (Å²) in [5, 5.41) is 12.4.